The third-order valence-corrected chi connectivity index (χ3v) is 7.13. The van der Waals surface area contributed by atoms with E-state index >= 15 is 0 Å². The van der Waals surface area contributed by atoms with Crippen LogP contribution in [0, 0.1) is 0 Å². The van der Waals surface area contributed by atoms with Crippen molar-refractivity contribution < 1.29 is 14.3 Å². The van der Waals surface area contributed by atoms with Crippen molar-refractivity contribution in [2.75, 3.05) is 18.2 Å². The smallest absolute Gasteiger partial charge is 0.249 e. The first-order chi connectivity index (χ1) is 12.5. The minimum atomic E-state index is -0.423. The minimum absolute atomic E-state index is 0.0655. The van der Waals surface area contributed by atoms with Crippen molar-refractivity contribution in [3.8, 4) is 17.0 Å². The van der Waals surface area contributed by atoms with Crippen LogP contribution in [0.3, 0.4) is 0 Å². The van der Waals surface area contributed by atoms with Crippen LogP contribution in [-0.4, -0.2) is 45.5 Å². The van der Waals surface area contributed by atoms with Gasteiger partial charge in [-0.05, 0) is 37.6 Å². The standard InChI is InChI=1S/C18H19N3O3S2/c1-18-8-7-15(22)21(18)14(10-26-18)16(23)20-17-19-13(9-25-17)11-3-5-12(24-2)6-4-11/h3-6,9,14H,7-8,10H2,1-2H3,(H,19,20,23). The van der Waals surface area contributed by atoms with Crippen LogP contribution in [0.5, 0.6) is 5.75 Å². The Morgan fingerprint density at radius 1 is 1.38 bits per heavy atom. The van der Waals surface area contributed by atoms with Crippen molar-refractivity contribution in [1.29, 1.82) is 0 Å². The molecular formula is C18H19N3O3S2. The molecule has 3 heterocycles. The molecule has 8 heteroatoms. The normalized spacial score (nSPS) is 24.6. The number of hydrogen-bond acceptors (Lipinski definition) is 6. The topological polar surface area (TPSA) is 71.5 Å². The number of nitrogens with zero attached hydrogens (tertiary/aromatic N) is 2. The van der Waals surface area contributed by atoms with E-state index in [0.717, 1.165) is 23.4 Å². The van der Waals surface area contributed by atoms with Gasteiger partial charge in [-0.3, -0.25) is 9.59 Å². The van der Waals surface area contributed by atoms with Gasteiger partial charge < -0.3 is 15.0 Å². The van der Waals surface area contributed by atoms with Gasteiger partial charge in [0, 0.05) is 23.1 Å². The van der Waals surface area contributed by atoms with Gasteiger partial charge in [0.1, 0.15) is 11.8 Å². The van der Waals surface area contributed by atoms with Crippen LogP contribution in [0.1, 0.15) is 19.8 Å². The average molecular weight is 390 g/mol. The number of nitrogens with one attached hydrogen (secondary N) is 1. The van der Waals surface area contributed by atoms with Crippen molar-refractivity contribution in [2.24, 2.45) is 0 Å². The third-order valence-electron chi connectivity index (χ3n) is 4.87. The Bertz CT molecular complexity index is 852. The van der Waals surface area contributed by atoms with Gasteiger partial charge in [0.05, 0.1) is 17.7 Å². The summed E-state index contributed by atoms with van der Waals surface area (Å²) in [5.74, 6) is 1.32. The number of amides is 2. The molecule has 0 saturated carbocycles. The molecule has 4 rings (SSSR count). The Morgan fingerprint density at radius 3 is 2.88 bits per heavy atom. The molecule has 6 nitrogen and oxygen atoms in total. The second kappa shape index (κ2) is 6.59. The van der Waals surface area contributed by atoms with Gasteiger partial charge in [0.25, 0.3) is 0 Å². The lowest BCUT2D eigenvalue weighted by atomic mass is 10.2. The summed E-state index contributed by atoms with van der Waals surface area (Å²) >= 11 is 3.07. The Labute approximate surface area is 159 Å². The van der Waals surface area contributed by atoms with Crippen LogP contribution < -0.4 is 10.1 Å². The highest BCUT2D eigenvalue weighted by Crippen LogP contribution is 2.47. The zero-order valence-corrected chi connectivity index (χ0v) is 16.2. The fraction of sp³-hybridized carbons (Fsp3) is 0.389. The van der Waals surface area contributed by atoms with Crippen molar-refractivity contribution in [3.05, 3.63) is 29.6 Å². The van der Waals surface area contributed by atoms with Crippen LogP contribution in [0.4, 0.5) is 5.13 Å². The predicted octanol–water partition coefficient (Wildman–Crippen LogP) is 3.21. The van der Waals surface area contributed by atoms with Gasteiger partial charge in [0.15, 0.2) is 5.13 Å². The molecule has 0 spiro atoms. The summed E-state index contributed by atoms with van der Waals surface area (Å²) in [5.41, 5.74) is 1.76. The largest absolute Gasteiger partial charge is 0.497 e. The fourth-order valence-electron chi connectivity index (χ4n) is 3.43. The first-order valence-corrected chi connectivity index (χ1v) is 10.2. The van der Waals surface area contributed by atoms with E-state index in [1.54, 1.807) is 23.8 Å². The quantitative estimate of drug-likeness (QED) is 0.869. The van der Waals surface area contributed by atoms with Gasteiger partial charge in [0.2, 0.25) is 11.8 Å². The Morgan fingerprint density at radius 2 is 2.15 bits per heavy atom. The maximum absolute atomic E-state index is 12.7. The highest BCUT2D eigenvalue weighted by molar-refractivity contribution is 8.01. The molecule has 2 aromatic rings. The van der Waals surface area contributed by atoms with Crippen LogP contribution in [0.2, 0.25) is 0 Å². The summed E-state index contributed by atoms with van der Waals surface area (Å²) in [6.07, 6.45) is 1.32. The van der Waals surface area contributed by atoms with Crippen LogP contribution in [0.25, 0.3) is 11.3 Å². The van der Waals surface area contributed by atoms with E-state index in [2.05, 4.69) is 10.3 Å². The summed E-state index contributed by atoms with van der Waals surface area (Å²) in [5, 5.41) is 5.34. The number of thiazole rings is 1. The molecule has 2 amide bonds. The molecule has 1 aromatic carbocycles. The van der Waals surface area contributed by atoms with E-state index in [1.165, 1.54) is 11.3 Å². The zero-order chi connectivity index (χ0) is 18.3. The number of hydrogen-bond donors (Lipinski definition) is 1. The summed E-state index contributed by atoms with van der Waals surface area (Å²) in [4.78, 5) is 30.9. The van der Waals surface area contributed by atoms with Crippen LogP contribution in [0.15, 0.2) is 29.6 Å². The summed E-state index contributed by atoms with van der Waals surface area (Å²) in [6, 6.07) is 7.20. The number of ether oxygens (including phenoxy) is 1. The van der Waals surface area contributed by atoms with Gasteiger partial charge in [-0.1, -0.05) is 0 Å². The molecule has 2 atom stereocenters. The number of carbonyl (C=O) groups excluding carboxylic acids is 2. The van der Waals surface area contributed by atoms with E-state index in [4.69, 9.17) is 4.74 Å². The minimum Gasteiger partial charge on any atom is -0.497 e. The van der Waals surface area contributed by atoms with E-state index in [1.807, 2.05) is 36.6 Å². The predicted molar refractivity (Wildman–Crippen MR) is 103 cm³/mol. The lowest BCUT2D eigenvalue weighted by molar-refractivity contribution is -0.135. The summed E-state index contributed by atoms with van der Waals surface area (Å²) < 4.78 is 5.16. The van der Waals surface area contributed by atoms with Gasteiger partial charge in [-0.25, -0.2) is 4.98 Å². The molecule has 26 heavy (non-hydrogen) atoms. The Balaban J connectivity index is 1.47. The van der Waals surface area contributed by atoms with E-state index in [0.29, 0.717) is 17.3 Å². The number of methoxy groups -OCH3 is 1. The molecule has 2 fully saturated rings. The van der Waals surface area contributed by atoms with Crippen molar-refractivity contribution >= 4 is 40.0 Å². The number of aromatic nitrogens is 1. The number of benzene rings is 1. The molecule has 0 aliphatic carbocycles. The summed E-state index contributed by atoms with van der Waals surface area (Å²) in [6.45, 7) is 2.04. The number of fused-ring (bicyclic) bond motifs is 1. The molecule has 2 aliphatic rings. The number of anilines is 1. The first kappa shape index (κ1) is 17.4. The fourth-order valence-corrected chi connectivity index (χ4v) is 5.58. The Hall–Kier alpha value is -2.06. The molecule has 2 saturated heterocycles. The van der Waals surface area contributed by atoms with Crippen LogP contribution >= 0.6 is 23.1 Å². The molecule has 0 radical (unpaired) electrons. The number of carbonyl (C=O) groups is 2. The average Bonchev–Trinajstić information content (AvgIpc) is 3.31. The monoisotopic (exact) mass is 389 g/mol. The highest BCUT2D eigenvalue weighted by Gasteiger charge is 2.52. The second-order valence-electron chi connectivity index (χ2n) is 6.52. The maximum atomic E-state index is 12.7. The first-order valence-electron chi connectivity index (χ1n) is 8.37. The van der Waals surface area contributed by atoms with E-state index in [9.17, 15) is 9.59 Å². The molecule has 2 aliphatic heterocycles. The van der Waals surface area contributed by atoms with Crippen molar-refractivity contribution in [2.45, 2.75) is 30.7 Å². The van der Waals surface area contributed by atoms with E-state index in [-0.39, 0.29) is 16.7 Å². The van der Waals surface area contributed by atoms with Crippen molar-refractivity contribution in [1.82, 2.24) is 9.88 Å². The van der Waals surface area contributed by atoms with Crippen LogP contribution in [-0.2, 0) is 9.59 Å². The van der Waals surface area contributed by atoms with Crippen molar-refractivity contribution in [3.63, 3.8) is 0 Å². The maximum Gasteiger partial charge on any atom is 0.249 e. The summed E-state index contributed by atoms with van der Waals surface area (Å²) in [7, 11) is 1.63. The number of thioether (sulfide) groups is 1. The molecule has 1 N–H and O–H groups in total. The Kier molecular flexibility index (Phi) is 4.40. The highest BCUT2D eigenvalue weighted by atomic mass is 32.2. The van der Waals surface area contributed by atoms with Gasteiger partial charge in [-0.2, -0.15) is 0 Å². The van der Waals surface area contributed by atoms with Gasteiger partial charge in [-0.15, -0.1) is 23.1 Å². The molecule has 0 bridgehead atoms. The zero-order valence-electron chi connectivity index (χ0n) is 14.5. The lowest BCUT2D eigenvalue weighted by Gasteiger charge is -2.29. The third kappa shape index (κ3) is 2.97. The molecular weight excluding hydrogens is 370 g/mol. The number of rotatable bonds is 4. The SMILES string of the molecule is COc1ccc(-c2csc(NC(=O)C3CSC4(C)CCC(=O)N34)n2)cc1. The molecule has 1 aromatic heterocycles. The lowest BCUT2D eigenvalue weighted by Crippen LogP contribution is -2.48. The van der Waals surface area contributed by atoms with Gasteiger partial charge >= 0.3 is 0 Å². The van der Waals surface area contributed by atoms with E-state index < -0.39 is 6.04 Å². The second-order valence-corrected chi connectivity index (χ2v) is 8.88. The molecule has 136 valence electrons. The molecule has 2 unspecified atom stereocenters.